The topological polar surface area (TPSA) is 25.2 Å². The van der Waals surface area contributed by atoms with Crippen molar-refractivity contribution < 1.29 is 4.79 Å². The molecule has 3 nitrogen and oxygen atoms in total. The number of hydrogen-bond donors (Lipinski definition) is 0. The quantitative estimate of drug-likeness (QED) is 0.403. The van der Waals surface area contributed by atoms with Gasteiger partial charge >= 0.3 is 0 Å². The Labute approximate surface area is 202 Å². The van der Waals surface area contributed by atoms with E-state index in [0.29, 0.717) is 6.42 Å². The second-order valence-corrected chi connectivity index (χ2v) is 9.60. The minimum Gasteiger partial charge on any atom is -0.299 e. The molecular formula is C31H34N2O. The van der Waals surface area contributed by atoms with Crippen molar-refractivity contribution in [2.75, 3.05) is 13.1 Å². The Balaban J connectivity index is 1.38. The Morgan fingerprint density at radius 1 is 1.06 bits per heavy atom. The predicted octanol–water partition coefficient (Wildman–Crippen LogP) is 7.45. The monoisotopic (exact) mass is 450 g/mol. The average molecular weight is 451 g/mol. The molecule has 174 valence electrons. The number of fused-ring (bicyclic) bond motifs is 3. The Hall–Kier alpha value is -3.17. The van der Waals surface area contributed by atoms with Crippen LogP contribution in [-0.2, 0) is 6.54 Å². The lowest BCUT2D eigenvalue weighted by Crippen LogP contribution is -2.39. The summed E-state index contributed by atoms with van der Waals surface area (Å²) in [6.07, 6.45) is 15.0. The number of allylic oxidation sites excluding steroid dienone is 7. The zero-order valence-corrected chi connectivity index (χ0v) is 20.4. The minimum absolute atomic E-state index is 0.144. The van der Waals surface area contributed by atoms with Gasteiger partial charge in [0.15, 0.2) is 0 Å². The maximum Gasteiger partial charge on any atom is 0.231 e. The molecule has 0 bridgehead atoms. The molecule has 1 fully saturated rings. The van der Waals surface area contributed by atoms with Gasteiger partial charge in [-0.3, -0.25) is 14.3 Å². The molecule has 0 N–H and O–H groups in total. The second kappa shape index (κ2) is 9.23. The lowest BCUT2D eigenvalue weighted by molar-refractivity contribution is 0.0919. The normalized spacial score (nSPS) is 20.3. The van der Waals surface area contributed by atoms with Crippen LogP contribution in [0.15, 0.2) is 90.6 Å². The van der Waals surface area contributed by atoms with E-state index in [1.54, 1.807) is 0 Å². The van der Waals surface area contributed by atoms with Crippen molar-refractivity contribution in [3.8, 4) is 0 Å². The Bertz CT molecular complexity index is 1340. The van der Waals surface area contributed by atoms with Crippen molar-refractivity contribution in [1.82, 2.24) is 9.47 Å². The van der Waals surface area contributed by atoms with E-state index in [2.05, 4.69) is 79.1 Å². The summed E-state index contributed by atoms with van der Waals surface area (Å²) >= 11 is 0. The van der Waals surface area contributed by atoms with Crippen molar-refractivity contribution in [2.24, 2.45) is 5.41 Å². The molecule has 1 aliphatic carbocycles. The molecule has 0 saturated carbocycles. The number of rotatable bonds is 5. The van der Waals surface area contributed by atoms with Gasteiger partial charge in [-0.2, -0.15) is 0 Å². The summed E-state index contributed by atoms with van der Waals surface area (Å²) in [6.45, 7) is 11.2. The zero-order valence-electron chi connectivity index (χ0n) is 20.4. The molecule has 0 unspecified atom stereocenters. The number of benzene rings is 2. The van der Waals surface area contributed by atoms with Crippen LogP contribution in [0.3, 0.4) is 0 Å². The SMILES string of the molecule is C=C/C=C1/C=CC2(CCN(Cc3ccc4c(c3)c3ccccc3n4C(=O)CC)CC2)/C1=C/CC. The molecule has 5 rings (SSSR count). The van der Waals surface area contributed by atoms with E-state index >= 15 is 0 Å². The molecule has 2 heterocycles. The largest absolute Gasteiger partial charge is 0.299 e. The highest BCUT2D eigenvalue weighted by Crippen LogP contribution is 2.48. The van der Waals surface area contributed by atoms with Crippen molar-refractivity contribution >= 4 is 27.7 Å². The molecule has 1 aromatic heterocycles. The van der Waals surface area contributed by atoms with E-state index in [1.807, 2.05) is 23.6 Å². The van der Waals surface area contributed by atoms with Gasteiger partial charge in [0, 0.05) is 29.2 Å². The maximum atomic E-state index is 12.7. The van der Waals surface area contributed by atoms with Gasteiger partial charge in [0.25, 0.3) is 0 Å². The lowest BCUT2D eigenvalue weighted by atomic mass is 9.73. The summed E-state index contributed by atoms with van der Waals surface area (Å²) in [5, 5.41) is 2.33. The lowest BCUT2D eigenvalue weighted by Gasteiger charge is -2.40. The van der Waals surface area contributed by atoms with Crippen LogP contribution >= 0.6 is 0 Å². The van der Waals surface area contributed by atoms with Gasteiger partial charge in [-0.25, -0.2) is 0 Å². The third-order valence-electron chi connectivity index (χ3n) is 7.58. The molecule has 0 amide bonds. The molecule has 2 aromatic carbocycles. The van der Waals surface area contributed by atoms with Gasteiger partial charge in [-0.15, -0.1) is 0 Å². The van der Waals surface area contributed by atoms with E-state index in [-0.39, 0.29) is 11.3 Å². The van der Waals surface area contributed by atoms with Crippen molar-refractivity contribution in [3.63, 3.8) is 0 Å². The molecule has 2 aliphatic rings. The van der Waals surface area contributed by atoms with Crippen LogP contribution in [0.5, 0.6) is 0 Å². The van der Waals surface area contributed by atoms with Crippen molar-refractivity contribution in [1.29, 1.82) is 0 Å². The number of likely N-dealkylation sites (tertiary alicyclic amines) is 1. The van der Waals surface area contributed by atoms with Crippen LogP contribution in [-0.4, -0.2) is 28.5 Å². The Morgan fingerprint density at radius 2 is 1.82 bits per heavy atom. The van der Waals surface area contributed by atoms with Crippen LogP contribution in [0.1, 0.15) is 49.9 Å². The number of carbonyl (C=O) groups is 1. The van der Waals surface area contributed by atoms with Crippen LogP contribution in [0.4, 0.5) is 0 Å². The van der Waals surface area contributed by atoms with Crippen LogP contribution < -0.4 is 0 Å². The van der Waals surface area contributed by atoms with Gasteiger partial charge in [-0.1, -0.05) is 75.1 Å². The molecule has 1 saturated heterocycles. The van der Waals surface area contributed by atoms with Crippen molar-refractivity contribution in [2.45, 2.75) is 46.1 Å². The molecule has 0 atom stereocenters. The highest BCUT2D eigenvalue weighted by atomic mass is 16.2. The van der Waals surface area contributed by atoms with Gasteiger partial charge in [0.2, 0.25) is 5.91 Å². The smallest absolute Gasteiger partial charge is 0.231 e. The number of piperidine rings is 1. The summed E-state index contributed by atoms with van der Waals surface area (Å²) in [5.74, 6) is 0.144. The Kier molecular flexibility index (Phi) is 6.14. The standard InChI is InChI=1S/C31H34N2O/c1-4-9-24-15-16-31(27(24)10-5-2)17-19-32(20-18-31)22-23-13-14-29-26(21-23)25-11-7-8-12-28(25)33(29)30(34)6-3/h4,7-16,21H,1,5-6,17-20,22H2,2-3H3/b24-9-,27-10+. The number of hydrogen-bond acceptors (Lipinski definition) is 2. The molecule has 3 heteroatoms. The van der Waals surface area contributed by atoms with E-state index in [4.69, 9.17) is 0 Å². The van der Waals surface area contributed by atoms with E-state index in [9.17, 15) is 4.79 Å². The summed E-state index contributed by atoms with van der Waals surface area (Å²) in [5.41, 5.74) is 6.33. The highest BCUT2D eigenvalue weighted by molar-refractivity contribution is 6.13. The van der Waals surface area contributed by atoms with Gasteiger partial charge in [0.05, 0.1) is 11.0 Å². The van der Waals surface area contributed by atoms with Gasteiger partial charge in [-0.05, 0) is 67.3 Å². The molecular weight excluding hydrogens is 416 g/mol. The molecule has 3 aromatic rings. The van der Waals surface area contributed by atoms with Crippen molar-refractivity contribution in [3.05, 3.63) is 96.1 Å². The Morgan fingerprint density at radius 3 is 2.56 bits per heavy atom. The van der Waals surface area contributed by atoms with Crippen LogP contribution in [0.2, 0.25) is 0 Å². The first-order valence-corrected chi connectivity index (χ1v) is 12.6. The van der Waals surface area contributed by atoms with Gasteiger partial charge < -0.3 is 0 Å². The molecule has 1 aliphatic heterocycles. The fourth-order valence-electron chi connectivity index (χ4n) is 5.86. The molecule has 1 spiro atoms. The fraction of sp³-hybridized carbons (Fsp3) is 0.323. The second-order valence-electron chi connectivity index (χ2n) is 9.60. The summed E-state index contributed by atoms with van der Waals surface area (Å²) in [6, 6.07) is 14.9. The first-order chi connectivity index (χ1) is 16.6. The first-order valence-electron chi connectivity index (χ1n) is 12.6. The fourth-order valence-corrected chi connectivity index (χ4v) is 5.86. The first kappa shape index (κ1) is 22.6. The number of carbonyl (C=O) groups excluding carboxylic acids is 1. The number of nitrogens with zero attached hydrogens (tertiary/aromatic N) is 2. The van der Waals surface area contributed by atoms with E-state index in [1.165, 1.54) is 22.1 Å². The summed E-state index contributed by atoms with van der Waals surface area (Å²) in [4.78, 5) is 15.3. The molecule has 34 heavy (non-hydrogen) atoms. The van der Waals surface area contributed by atoms with E-state index in [0.717, 1.165) is 55.3 Å². The number of para-hydroxylation sites is 1. The molecule has 0 radical (unpaired) electrons. The van der Waals surface area contributed by atoms with Crippen LogP contribution in [0, 0.1) is 5.41 Å². The average Bonchev–Trinajstić information content (AvgIpc) is 3.36. The number of aromatic nitrogens is 1. The summed E-state index contributed by atoms with van der Waals surface area (Å²) < 4.78 is 1.89. The minimum atomic E-state index is 0.144. The van der Waals surface area contributed by atoms with Gasteiger partial charge in [0.1, 0.15) is 0 Å². The van der Waals surface area contributed by atoms with Crippen LogP contribution in [0.25, 0.3) is 21.8 Å². The predicted molar refractivity (Wildman–Crippen MR) is 143 cm³/mol. The third-order valence-corrected chi connectivity index (χ3v) is 7.58. The maximum absolute atomic E-state index is 12.7. The summed E-state index contributed by atoms with van der Waals surface area (Å²) in [7, 11) is 0. The third kappa shape index (κ3) is 3.78. The zero-order chi connectivity index (χ0) is 23.7. The van der Waals surface area contributed by atoms with E-state index < -0.39 is 0 Å². The highest BCUT2D eigenvalue weighted by Gasteiger charge is 2.39.